The maximum Gasteiger partial charge on any atom is 0.323 e. The van der Waals surface area contributed by atoms with E-state index in [4.69, 9.17) is 5.11 Å². The molecular weight excluding hydrogens is 240 g/mol. The van der Waals surface area contributed by atoms with Crippen LogP contribution in [0.3, 0.4) is 0 Å². The van der Waals surface area contributed by atoms with E-state index in [1.165, 1.54) is 4.90 Å². The molecule has 1 rings (SSSR count). The minimum atomic E-state index is -0.990. The lowest BCUT2D eigenvalue weighted by molar-refractivity contribution is -0.138. The van der Waals surface area contributed by atoms with Crippen molar-refractivity contribution >= 4 is 23.8 Å². The lowest BCUT2D eigenvalue weighted by atomic mass is 10.1. The van der Waals surface area contributed by atoms with Crippen LogP contribution in [0.5, 0.6) is 0 Å². The molecule has 6 heteroatoms. The lowest BCUT2D eigenvalue weighted by Gasteiger charge is -2.35. The van der Waals surface area contributed by atoms with Gasteiger partial charge >= 0.3 is 12.0 Å². The monoisotopic (exact) mass is 260 g/mol. The Morgan fingerprint density at radius 3 is 2.53 bits per heavy atom. The van der Waals surface area contributed by atoms with Crippen LogP contribution < -0.4 is 5.32 Å². The summed E-state index contributed by atoms with van der Waals surface area (Å²) in [6.45, 7) is 5.23. The first kappa shape index (κ1) is 14.2. The minimum absolute atomic E-state index is 0.172. The molecule has 0 aromatic rings. The number of rotatable bonds is 3. The Labute approximate surface area is 106 Å². The van der Waals surface area contributed by atoms with Crippen LogP contribution in [0.4, 0.5) is 4.79 Å². The number of thioether (sulfide) groups is 1. The van der Waals surface area contributed by atoms with E-state index in [0.29, 0.717) is 0 Å². The first-order chi connectivity index (χ1) is 7.80. The SMILES string of the molecule is CC(C)(C)N(CC(=O)O)C(=O)NC1CCSC1. The van der Waals surface area contributed by atoms with Crippen LogP contribution in [-0.2, 0) is 4.79 Å². The third-order valence-electron chi connectivity index (χ3n) is 2.61. The van der Waals surface area contributed by atoms with Crippen molar-refractivity contribution in [3.8, 4) is 0 Å². The van der Waals surface area contributed by atoms with Gasteiger partial charge in [0.2, 0.25) is 0 Å². The summed E-state index contributed by atoms with van der Waals surface area (Å²) in [5.74, 6) is 0.979. The van der Waals surface area contributed by atoms with E-state index < -0.39 is 11.5 Å². The molecule has 0 spiro atoms. The number of carbonyl (C=O) groups excluding carboxylic acids is 1. The number of hydrogen-bond acceptors (Lipinski definition) is 3. The van der Waals surface area contributed by atoms with Crippen LogP contribution in [0.1, 0.15) is 27.2 Å². The zero-order valence-corrected chi connectivity index (χ0v) is 11.3. The van der Waals surface area contributed by atoms with E-state index in [1.54, 1.807) is 0 Å². The number of carboxylic acids is 1. The third-order valence-corrected chi connectivity index (χ3v) is 3.77. The van der Waals surface area contributed by atoms with E-state index in [9.17, 15) is 9.59 Å². The van der Waals surface area contributed by atoms with Gasteiger partial charge in [-0.2, -0.15) is 11.8 Å². The summed E-state index contributed by atoms with van der Waals surface area (Å²) in [6, 6.07) is -0.112. The molecule has 1 saturated heterocycles. The fourth-order valence-corrected chi connectivity index (χ4v) is 2.80. The fraction of sp³-hybridized carbons (Fsp3) is 0.818. The van der Waals surface area contributed by atoms with Crippen LogP contribution in [-0.4, -0.2) is 51.6 Å². The van der Waals surface area contributed by atoms with Gasteiger partial charge in [0, 0.05) is 17.3 Å². The maximum absolute atomic E-state index is 12.0. The van der Waals surface area contributed by atoms with Crippen molar-refractivity contribution in [3.05, 3.63) is 0 Å². The highest BCUT2D eigenvalue weighted by Gasteiger charge is 2.30. The van der Waals surface area contributed by atoms with E-state index in [0.717, 1.165) is 17.9 Å². The average Bonchev–Trinajstić information content (AvgIpc) is 2.64. The Balaban J connectivity index is 2.61. The molecule has 2 N–H and O–H groups in total. The molecule has 1 heterocycles. The standard InChI is InChI=1S/C11H20N2O3S/c1-11(2,3)13(6-9(14)15)10(16)12-8-4-5-17-7-8/h8H,4-7H2,1-3H3,(H,12,16)(H,14,15). The third kappa shape index (κ3) is 4.46. The number of carboxylic acid groups (broad SMARTS) is 1. The predicted octanol–water partition coefficient (Wildman–Crippen LogP) is 1.39. The first-order valence-electron chi connectivity index (χ1n) is 5.68. The Morgan fingerprint density at radius 1 is 1.47 bits per heavy atom. The number of carbonyl (C=O) groups is 2. The molecule has 0 saturated carbocycles. The molecule has 0 bridgehead atoms. The number of aliphatic carboxylic acids is 1. The smallest absolute Gasteiger partial charge is 0.323 e. The molecule has 1 aliphatic rings. The molecule has 1 unspecified atom stereocenters. The largest absolute Gasteiger partial charge is 0.480 e. The number of nitrogens with zero attached hydrogens (tertiary/aromatic N) is 1. The average molecular weight is 260 g/mol. The molecule has 0 aromatic heterocycles. The van der Waals surface area contributed by atoms with Crippen LogP contribution in [0.15, 0.2) is 0 Å². The summed E-state index contributed by atoms with van der Waals surface area (Å²) in [5.41, 5.74) is -0.492. The van der Waals surface area contributed by atoms with Gasteiger partial charge in [-0.25, -0.2) is 4.79 Å². The highest BCUT2D eigenvalue weighted by Crippen LogP contribution is 2.19. The Bertz CT molecular complexity index is 296. The summed E-state index contributed by atoms with van der Waals surface area (Å²) < 4.78 is 0. The minimum Gasteiger partial charge on any atom is -0.480 e. The van der Waals surface area contributed by atoms with E-state index in [2.05, 4.69) is 5.32 Å². The number of nitrogens with one attached hydrogen (secondary N) is 1. The van der Waals surface area contributed by atoms with E-state index >= 15 is 0 Å². The molecule has 0 aliphatic carbocycles. The Morgan fingerprint density at radius 2 is 2.12 bits per heavy atom. The highest BCUT2D eigenvalue weighted by atomic mass is 32.2. The number of amides is 2. The van der Waals surface area contributed by atoms with Crippen molar-refractivity contribution in [3.63, 3.8) is 0 Å². The second kappa shape index (κ2) is 5.62. The molecule has 1 aliphatic heterocycles. The second-order valence-electron chi connectivity index (χ2n) is 5.16. The van der Waals surface area contributed by atoms with Crippen LogP contribution in [0, 0.1) is 0 Å². The molecule has 1 fully saturated rings. The van der Waals surface area contributed by atoms with Crippen LogP contribution in [0.25, 0.3) is 0 Å². The highest BCUT2D eigenvalue weighted by molar-refractivity contribution is 7.99. The van der Waals surface area contributed by atoms with Crippen molar-refractivity contribution in [1.82, 2.24) is 10.2 Å². The normalized spacial score (nSPS) is 20.1. The zero-order chi connectivity index (χ0) is 13.1. The summed E-state index contributed by atoms with van der Waals surface area (Å²) in [6.07, 6.45) is 0.960. The quantitative estimate of drug-likeness (QED) is 0.804. The van der Waals surface area contributed by atoms with E-state index in [1.807, 2.05) is 32.5 Å². The van der Waals surface area contributed by atoms with Crippen molar-refractivity contribution in [2.45, 2.75) is 38.8 Å². The van der Waals surface area contributed by atoms with Gasteiger partial charge in [-0.05, 0) is 32.9 Å². The molecule has 2 amide bonds. The van der Waals surface area contributed by atoms with E-state index in [-0.39, 0.29) is 18.6 Å². The number of hydrogen-bond donors (Lipinski definition) is 2. The Kier molecular flexibility index (Phi) is 4.68. The Hall–Kier alpha value is -0.910. The van der Waals surface area contributed by atoms with Gasteiger partial charge in [0.05, 0.1) is 0 Å². The van der Waals surface area contributed by atoms with Gasteiger partial charge < -0.3 is 15.3 Å². The zero-order valence-electron chi connectivity index (χ0n) is 10.5. The van der Waals surface area contributed by atoms with Crippen molar-refractivity contribution in [2.75, 3.05) is 18.1 Å². The summed E-state index contributed by atoms with van der Waals surface area (Å²) in [4.78, 5) is 24.2. The molecule has 0 radical (unpaired) electrons. The lowest BCUT2D eigenvalue weighted by Crippen LogP contribution is -2.54. The molecular formula is C11H20N2O3S. The molecule has 1 atom stereocenters. The van der Waals surface area contributed by atoms with Crippen molar-refractivity contribution < 1.29 is 14.7 Å². The summed E-state index contributed by atoms with van der Waals surface area (Å²) in [5, 5.41) is 11.7. The number of urea groups is 1. The summed E-state index contributed by atoms with van der Waals surface area (Å²) in [7, 11) is 0. The molecule has 0 aromatic carbocycles. The van der Waals surface area contributed by atoms with Crippen molar-refractivity contribution in [2.24, 2.45) is 0 Å². The predicted molar refractivity (Wildman–Crippen MR) is 68.4 cm³/mol. The van der Waals surface area contributed by atoms with Gasteiger partial charge in [0.1, 0.15) is 6.54 Å². The first-order valence-corrected chi connectivity index (χ1v) is 6.84. The maximum atomic E-state index is 12.0. The van der Waals surface area contributed by atoms with Crippen LogP contribution >= 0.6 is 11.8 Å². The second-order valence-corrected chi connectivity index (χ2v) is 6.31. The topological polar surface area (TPSA) is 69.6 Å². The van der Waals surface area contributed by atoms with Crippen molar-refractivity contribution in [1.29, 1.82) is 0 Å². The van der Waals surface area contributed by atoms with Gasteiger partial charge in [-0.15, -0.1) is 0 Å². The van der Waals surface area contributed by atoms with Gasteiger partial charge in [0.15, 0.2) is 0 Å². The van der Waals surface area contributed by atoms with Gasteiger partial charge in [0.25, 0.3) is 0 Å². The van der Waals surface area contributed by atoms with Crippen LogP contribution in [0.2, 0.25) is 0 Å². The molecule has 5 nitrogen and oxygen atoms in total. The summed E-state index contributed by atoms with van der Waals surface area (Å²) >= 11 is 1.81. The fourth-order valence-electron chi connectivity index (χ4n) is 1.65. The van der Waals surface area contributed by atoms with Gasteiger partial charge in [-0.1, -0.05) is 0 Å². The van der Waals surface area contributed by atoms with Gasteiger partial charge in [-0.3, -0.25) is 4.79 Å². The molecule has 17 heavy (non-hydrogen) atoms. The molecule has 98 valence electrons.